The molecule has 0 bridgehead atoms. The van der Waals surface area contributed by atoms with Crippen LogP contribution in [0.15, 0.2) is 78.9 Å². The van der Waals surface area contributed by atoms with Crippen molar-refractivity contribution in [2.75, 3.05) is 0 Å². The average molecular weight is 300 g/mol. The van der Waals surface area contributed by atoms with Crippen molar-refractivity contribution in [3.05, 3.63) is 107 Å². The van der Waals surface area contributed by atoms with Gasteiger partial charge in [0, 0.05) is 16.7 Å². The van der Waals surface area contributed by atoms with Gasteiger partial charge in [0.15, 0.2) is 5.78 Å². The van der Waals surface area contributed by atoms with Gasteiger partial charge in [-0.25, -0.2) is 4.39 Å². The van der Waals surface area contributed by atoms with Crippen molar-refractivity contribution < 1.29 is 9.18 Å². The zero-order valence-corrected chi connectivity index (χ0v) is 12.3. The molecule has 3 aromatic rings. The summed E-state index contributed by atoms with van der Waals surface area (Å²) in [4.78, 5) is 12.3. The molecule has 0 amide bonds. The van der Waals surface area contributed by atoms with Crippen LogP contribution < -0.4 is 0 Å². The molecule has 0 atom stereocenters. The number of benzene rings is 3. The Morgan fingerprint density at radius 2 is 1.26 bits per heavy atom. The van der Waals surface area contributed by atoms with Crippen molar-refractivity contribution in [1.29, 1.82) is 0 Å². The third-order valence-electron chi connectivity index (χ3n) is 3.39. The van der Waals surface area contributed by atoms with Crippen LogP contribution in [0.4, 0.5) is 4.39 Å². The van der Waals surface area contributed by atoms with Gasteiger partial charge in [-0.05, 0) is 48.5 Å². The van der Waals surface area contributed by atoms with Crippen molar-refractivity contribution in [1.82, 2.24) is 0 Å². The Morgan fingerprint density at radius 3 is 1.91 bits per heavy atom. The summed E-state index contributed by atoms with van der Waals surface area (Å²) in [5.74, 6) is 5.26. The fourth-order valence-electron chi connectivity index (χ4n) is 2.17. The molecule has 2 heteroatoms. The van der Waals surface area contributed by atoms with E-state index in [1.165, 1.54) is 12.1 Å². The van der Waals surface area contributed by atoms with E-state index in [2.05, 4.69) is 11.8 Å². The Morgan fingerprint density at radius 1 is 0.696 bits per heavy atom. The van der Waals surface area contributed by atoms with E-state index in [1.54, 1.807) is 36.4 Å². The summed E-state index contributed by atoms with van der Waals surface area (Å²) in [6, 6.07) is 22.5. The summed E-state index contributed by atoms with van der Waals surface area (Å²) in [5, 5.41) is 0. The maximum atomic E-state index is 13.7. The molecule has 0 aliphatic rings. The van der Waals surface area contributed by atoms with E-state index in [1.807, 2.05) is 30.3 Å². The lowest BCUT2D eigenvalue weighted by molar-refractivity contribution is 0.103. The summed E-state index contributed by atoms with van der Waals surface area (Å²) in [6.45, 7) is 0. The molecule has 110 valence electrons. The van der Waals surface area contributed by atoms with Gasteiger partial charge in [-0.15, -0.1) is 0 Å². The fourth-order valence-corrected chi connectivity index (χ4v) is 2.17. The highest BCUT2D eigenvalue weighted by molar-refractivity contribution is 6.09. The lowest BCUT2D eigenvalue weighted by atomic mass is 10.0. The van der Waals surface area contributed by atoms with Gasteiger partial charge in [-0.3, -0.25) is 4.79 Å². The zero-order valence-electron chi connectivity index (χ0n) is 12.3. The number of hydrogen-bond acceptors (Lipinski definition) is 1. The molecule has 1 nitrogen and oxygen atoms in total. The molecule has 0 spiro atoms. The Hall–Kier alpha value is -3.18. The molecular weight excluding hydrogens is 287 g/mol. The van der Waals surface area contributed by atoms with Crippen LogP contribution in [0.1, 0.15) is 27.0 Å². The quantitative estimate of drug-likeness (QED) is 0.504. The molecule has 0 N–H and O–H groups in total. The van der Waals surface area contributed by atoms with E-state index in [0.29, 0.717) is 5.56 Å². The van der Waals surface area contributed by atoms with Crippen LogP contribution in [0, 0.1) is 17.7 Å². The number of hydrogen-bond donors (Lipinski definition) is 0. The van der Waals surface area contributed by atoms with Crippen LogP contribution in [0.2, 0.25) is 0 Å². The second-order valence-corrected chi connectivity index (χ2v) is 5.00. The Bertz CT molecular complexity index is 884. The highest BCUT2D eigenvalue weighted by Gasteiger charge is 2.12. The SMILES string of the molecule is O=C(c1ccc(C#Cc2ccccc2)cc1)c1ccccc1F. The topological polar surface area (TPSA) is 17.1 Å². The van der Waals surface area contributed by atoms with Gasteiger partial charge in [0.1, 0.15) is 5.82 Å². The Kier molecular flexibility index (Phi) is 4.31. The molecule has 0 unspecified atom stereocenters. The van der Waals surface area contributed by atoms with E-state index in [-0.39, 0.29) is 11.3 Å². The van der Waals surface area contributed by atoms with Crippen LogP contribution in [-0.2, 0) is 0 Å². The standard InChI is InChI=1S/C21H13FO/c22-20-9-5-4-8-19(20)21(23)18-14-12-17(13-15-18)11-10-16-6-2-1-3-7-16/h1-9,12-15H. The van der Waals surface area contributed by atoms with Crippen LogP contribution in [-0.4, -0.2) is 5.78 Å². The van der Waals surface area contributed by atoms with Crippen LogP contribution in [0.3, 0.4) is 0 Å². The van der Waals surface area contributed by atoms with Crippen molar-refractivity contribution >= 4 is 5.78 Å². The highest BCUT2D eigenvalue weighted by atomic mass is 19.1. The monoisotopic (exact) mass is 300 g/mol. The van der Waals surface area contributed by atoms with Crippen LogP contribution in [0.5, 0.6) is 0 Å². The minimum Gasteiger partial charge on any atom is -0.288 e. The van der Waals surface area contributed by atoms with Gasteiger partial charge < -0.3 is 0 Å². The zero-order chi connectivity index (χ0) is 16.1. The normalized spacial score (nSPS) is 9.78. The number of halogens is 1. The van der Waals surface area contributed by atoms with Crippen molar-refractivity contribution in [2.24, 2.45) is 0 Å². The van der Waals surface area contributed by atoms with Crippen molar-refractivity contribution in [3.8, 4) is 11.8 Å². The fraction of sp³-hybridized carbons (Fsp3) is 0. The van der Waals surface area contributed by atoms with Crippen LogP contribution in [0.25, 0.3) is 0 Å². The maximum absolute atomic E-state index is 13.7. The number of rotatable bonds is 2. The van der Waals surface area contributed by atoms with E-state index in [4.69, 9.17) is 0 Å². The molecule has 0 fully saturated rings. The molecule has 0 aliphatic carbocycles. The molecular formula is C21H13FO. The molecule has 3 rings (SSSR count). The predicted molar refractivity (Wildman–Crippen MR) is 88.7 cm³/mol. The first-order valence-electron chi connectivity index (χ1n) is 7.20. The molecule has 0 aromatic heterocycles. The third-order valence-corrected chi connectivity index (χ3v) is 3.39. The van der Waals surface area contributed by atoms with Crippen molar-refractivity contribution in [3.63, 3.8) is 0 Å². The van der Waals surface area contributed by atoms with Gasteiger partial charge in [0.05, 0.1) is 5.56 Å². The van der Waals surface area contributed by atoms with Gasteiger partial charge in [-0.1, -0.05) is 42.2 Å². The molecule has 23 heavy (non-hydrogen) atoms. The highest BCUT2D eigenvalue weighted by Crippen LogP contribution is 2.14. The molecule has 3 aromatic carbocycles. The Labute approximate surface area is 134 Å². The van der Waals surface area contributed by atoms with E-state index < -0.39 is 5.82 Å². The summed E-state index contributed by atoms with van der Waals surface area (Å²) in [6.07, 6.45) is 0. The number of carbonyl (C=O) groups is 1. The first-order valence-corrected chi connectivity index (χ1v) is 7.20. The molecule has 0 aliphatic heterocycles. The lowest BCUT2D eigenvalue weighted by Crippen LogP contribution is -2.03. The average Bonchev–Trinajstić information content (AvgIpc) is 2.61. The second kappa shape index (κ2) is 6.72. The smallest absolute Gasteiger partial charge is 0.195 e. The first kappa shape index (κ1) is 14.7. The minimum atomic E-state index is -0.509. The minimum absolute atomic E-state index is 0.0793. The van der Waals surface area contributed by atoms with Gasteiger partial charge in [-0.2, -0.15) is 0 Å². The number of ketones is 1. The summed E-state index contributed by atoms with van der Waals surface area (Å²) < 4.78 is 13.7. The molecule has 0 saturated heterocycles. The first-order chi connectivity index (χ1) is 11.2. The van der Waals surface area contributed by atoms with Gasteiger partial charge in [0.2, 0.25) is 0 Å². The maximum Gasteiger partial charge on any atom is 0.195 e. The third kappa shape index (κ3) is 3.53. The van der Waals surface area contributed by atoms with Crippen LogP contribution >= 0.6 is 0 Å². The lowest BCUT2D eigenvalue weighted by Gasteiger charge is -2.02. The van der Waals surface area contributed by atoms with E-state index >= 15 is 0 Å². The summed E-state index contributed by atoms with van der Waals surface area (Å²) >= 11 is 0. The van der Waals surface area contributed by atoms with E-state index in [0.717, 1.165) is 11.1 Å². The molecule has 0 saturated carbocycles. The number of carbonyl (C=O) groups excluding carboxylic acids is 1. The molecule has 0 radical (unpaired) electrons. The Balaban J connectivity index is 1.82. The summed E-state index contributed by atoms with van der Waals surface area (Å²) in [7, 11) is 0. The molecule has 0 heterocycles. The second-order valence-electron chi connectivity index (χ2n) is 5.00. The summed E-state index contributed by atoms with van der Waals surface area (Å²) in [5.41, 5.74) is 2.26. The van der Waals surface area contributed by atoms with Gasteiger partial charge in [0.25, 0.3) is 0 Å². The van der Waals surface area contributed by atoms with E-state index in [9.17, 15) is 9.18 Å². The largest absolute Gasteiger partial charge is 0.288 e. The van der Waals surface area contributed by atoms with Crippen molar-refractivity contribution in [2.45, 2.75) is 0 Å². The van der Waals surface area contributed by atoms with Gasteiger partial charge >= 0.3 is 0 Å². The predicted octanol–water partition coefficient (Wildman–Crippen LogP) is 4.46.